The summed E-state index contributed by atoms with van der Waals surface area (Å²) in [6, 6.07) is 6.85. The minimum absolute atomic E-state index is 0.0125. The molecule has 5 nitrogen and oxygen atoms in total. The Morgan fingerprint density at radius 2 is 2.05 bits per heavy atom. The van der Waals surface area contributed by atoms with Crippen LogP contribution < -0.4 is 4.74 Å². The minimum Gasteiger partial charge on any atom is -0.484 e. The lowest BCUT2D eigenvalue weighted by atomic mass is 10.1. The Bertz CT molecular complexity index is 466. The molecule has 0 atom stereocenters. The molecule has 0 aromatic heterocycles. The van der Waals surface area contributed by atoms with Crippen molar-refractivity contribution in [2.75, 3.05) is 32.9 Å². The number of carbonyl (C=O) groups excluding carboxylic acids is 2. The number of nitrogens with zero attached hydrogens (tertiary/aromatic N) is 1. The normalized spacial score (nSPS) is 15.1. The molecule has 0 N–H and O–H groups in total. The second-order valence-electron chi connectivity index (χ2n) is 4.37. The van der Waals surface area contributed by atoms with Crippen LogP contribution in [0.4, 0.5) is 0 Å². The third-order valence-corrected chi connectivity index (χ3v) is 2.97. The van der Waals surface area contributed by atoms with Crippen molar-refractivity contribution in [1.29, 1.82) is 0 Å². The van der Waals surface area contributed by atoms with Gasteiger partial charge >= 0.3 is 0 Å². The second kappa shape index (κ2) is 6.33. The largest absolute Gasteiger partial charge is 0.484 e. The first-order valence-corrected chi connectivity index (χ1v) is 6.26. The number of hydrogen-bond acceptors (Lipinski definition) is 4. The average Bonchev–Trinajstić information content (AvgIpc) is 2.46. The van der Waals surface area contributed by atoms with E-state index in [2.05, 4.69) is 0 Å². The standard InChI is InChI=1S/C14H17NO4/c1-11(16)12-3-2-4-13(9-12)19-10-14(17)15-5-7-18-8-6-15/h2-4,9H,5-8,10H2,1H3. The van der Waals surface area contributed by atoms with Gasteiger partial charge in [-0.2, -0.15) is 0 Å². The summed E-state index contributed by atoms with van der Waals surface area (Å²) in [6.07, 6.45) is 0. The van der Waals surface area contributed by atoms with Gasteiger partial charge in [0.25, 0.3) is 5.91 Å². The van der Waals surface area contributed by atoms with E-state index in [0.717, 1.165) is 0 Å². The van der Waals surface area contributed by atoms with Crippen molar-refractivity contribution in [2.24, 2.45) is 0 Å². The van der Waals surface area contributed by atoms with Gasteiger partial charge in [-0.05, 0) is 19.1 Å². The number of carbonyl (C=O) groups is 2. The highest BCUT2D eigenvalue weighted by Gasteiger charge is 2.17. The topological polar surface area (TPSA) is 55.8 Å². The van der Waals surface area contributed by atoms with Crippen LogP contribution in [0.15, 0.2) is 24.3 Å². The monoisotopic (exact) mass is 263 g/mol. The maximum atomic E-state index is 11.9. The van der Waals surface area contributed by atoms with Crippen molar-refractivity contribution < 1.29 is 19.1 Å². The molecule has 1 amide bonds. The van der Waals surface area contributed by atoms with Crippen LogP contribution in [-0.4, -0.2) is 49.5 Å². The van der Waals surface area contributed by atoms with E-state index in [0.29, 0.717) is 37.6 Å². The number of morpholine rings is 1. The molecule has 1 saturated heterocycles. The van der Waals surface area contributed by atoms with Crippen molar-refractivity contribution >= 4 is 11.7 Å². The highest BCUT2D eigenvalue weighted by molar-refractivity contribution is 5.94. The molecule has 1 aromatic carbocycles. The lowest BCUT2D eigenvalue weighted by Crippen LogP contribution is -2.42. The van der Waals surface area contributed by atoms with E-state index < -0.39 is 0 Å². The molecule has 0 unspecified atom stereocenters. The summed E-state index contributed by atoms with van der Waals surface area (Å²) >= 11 is 0. The highest BCUT2D eigenvalue weighted by Crippen LogP contribution is 2.14. The Morgan fingerprint density at radius 3 is 2.74 bits per heavy atom. The predicted molar refractivity (Wildman–Crippen MR) is 69.3 cm³/mol. The van der Waals surface area contributed by atoms with Crippen LogP contribution in [0.5, 0.6) is 5.75 Å². The zero-order valence-corrected chi connectivity index (χ0v) is 10.9. The SMILES string of the molecule is CC(=O)c1cccc(OCC(=O)N2CCOCC2)c1. The molecule has 0 spiro atoms. The third kappa shape index (κ3) is 3.79. The molecule has 2 rings (SSSR count). The molecule has 1 fully saturated rings. The molecule has 19 heavy (non-hydrogen) atoms. The summed E-state index contributed by atoms with van der Waals surface area (Å²) in [6.45, 7) is 3.85. The van der Waals surface area contributed by atoms with E-state index in [9.17, 15) is 9.59 Å². The molecule has 0 aliphatic carbocycles. The van der Waals surface area contributed by atoms with E-state index in [1.165, 1.54) is 6.92 Å². The van der Waals surface area contributed by atoms with E-state index in [1.807, 2.05) is 0 Å². The lowest BCUT2D eigenvalue weighted by Gasteiger charge is -2.26. The first-order chi connectivity index (χ1) is 9.16. The molecule has 1 heterocycles. The first kappa shape index (κ1) is 13.5. The summed E-state index contributed by atoms with van der Waals surface area (Å²) in [5.41, 5.74) is 0.580. The summed E-state index contributed by atoms with van der Waals surface area (Å²) in [7, 11) is 0. The zero-order valence-electron chi connectivity index (χ0n) is 10.9. The maximum Gasteiger partial charge on any atom is 0.260 e. The van der Waals surface area contributed by atoms with Gasteiger partial charge in [0.1, 0.15) is 5.75 Å². The number of rotatable bonds is 4. The maximum absolute atomic E-state index is 11.9. The van der Waals surface area contributed by atoms with Crippen LogP contribution in [0.3, 0.4) is 0 Å². The van der Waals surface area contributed by atoms with Crippen LogP contribution in [0.1, 0.15) is 17.3 Å². The summed E-state index contributed by atoms with van der Waals surface area (Å²) in [5.74, 6) is 0.454. The number of benzene rings is 1. The molecule has 0 bridgehead atoms. The van der Waals surface area contributed by atoms with Crippen LogP contribution in [0, 0.1) is 0 Å². The van der Waals surface area contributed by atoms with Gasteiger partial charge in [0, 0.05) is 18.7 Å². The quantitative estimate of drug-likeness (QED) is 0.764. The third-order valence-electron chi connectivity index (χ3n) is 2.97. The Labute approximate surface area is 112 Å². The number of ketones is 1. The molecule has 5 heteroatoms. The smallest absolute Gasteiger partial charge is 0.260 e. The van der Waals surface area contributed by atoms with E-state index >= 15 is 0 Å². The summed E-state index contributed by atoms with van der Waals surface area (Å²) in [4.78, 5) is 24.8. The van der Waals surface area contributed by atoms with Gasteiger partial charge in [0.05, 0.1) is 13.2 Å². The Kier molecular flexibility index (Phi) is 4.52. The Morgan fingerprint density at radius 1 is 1.32 bits per heavy atom. The predicted octanol–water partition coefficient (Wildman–Crippen LogP) is 1.13. The number of ether oxygens (including phenoxy) is 2. The lowest BCUT2D eigenvalue weighted by molar-refractivity contribution is -0.137. The molecular weight excluding hydrogens is 246 g/mol. The number of amides is 1. The Balaban J connectivity index is 1.89. The van der Waals surface area contributed by atoms with Crippen LogP contribution in [-0.2, 0) is 9.53 Å². The van der Waals surface area contributed by atoms with Gasteiger partial charge in [0.15, 0.2) is 12.4 Å². The van der Waals surface area contributed by atoms with Crippen LogP contribution in [0.25, 0.3) is 0 Å². The highest BCUT2D eigenvalue weighted by atomic mass is 16.5. The summed E-state index contributed by atoms with van der Waals surface area (Å²) < 4.78 is 10.6. The van der Waals surface area contributed by atoms with Crippen LogP contribution >= 0.6 is 0 Å². The fourth-order valence-corrected chi connectivity index (χ4v) is 1.85. The fourth-order valence-electron chi connectivity index (χ4n) is 1.85. The summed E-state index contributed by atoms with van der Waals surface area (Å²) in [5, 5.41) is 0. The van der Waals surface area contributed by atoms with E-state index in [-0.39, 0.29) is 18.3 Å². The van der Waals surface area contributed by atoms with Crippen molar-refractivity contribution in [1.82, 2.24) is 4.90 Å². The molecule has 0 saturated carbocycles. The van der Waals surface area contributed by atoms with Crippen molar-refractivity contribution in [2.45, 2.75) is 6.92 Å². The molecule has 1 aliphatic rings. The van der Waals surface area contributed by atoms with Gasteiger partial charge in [0.2, 0.25) is 0 Å². The van der Waals surface area contributed by atoms with E-state index in [4.69, 9.17) is 9.47 Å². The van der Waals surface area contributed by atoms with Crippen LogP contribution in [0.2, 0.25) is 0 Å². The molecule has 102 valence electrons. The van der Waals surface area contributed by atoms with Crippen molar-refractivity contribution in [3.63, 3.8) is 0 Å². The second-order valence-corrected chi connectivity index (χ2v) is 4.37. The van der Waals surface area contributed by atoms with E-state index in [1.54, 1.807) is 29.2 Å². The first-order valence-electron chi connectivity index (χ1n) is 6.26. The van der Waals surface area contributed by atoms with Crippen molar-refractivity contribution in [3.05, 3.63) is 29.8 Å². The molecule has 1 aliphatic heterocycles. The molecular formula is C14H17NO4. The fraction of sp³-hybridized carbons (Fsp3) is 0.429. The average molecular weight is 263 g/mol. The van der Waals surface area contributed by atoms with Crippen molar-refractivity contribution in [3.8, 4) is 5.75 Å². The zero-order chi connectivity index (χ0) is 13.7. The minimum atomic E-state index is -0.0588. The van der Waals surface area contributed by atoms with Gasteiger partial charge in [-0.15, -0.1) is 0 Å². The van der Waals surface area contributed by atoms with Gasteiger partial charge in [-0.3, -0.25) is 9.59 Å². The van der Waals surface area contributed by atoms with Gasteiger partial charge in [-0.25, -0.2) is 0 Å². The molecule has 1 aromatic rings. The number of Topliss-reactive ketones (excluding diaryl/α,β-unsaturated/α-hetero) is 1. The Hall–Kier alpha value is -1.88. The van der Waals surface area contributed by atoms with Gasteiger partial charge in [-0.1, -0.05) is 12.1 Å². The number of hydrogen-bond donors (Lipinski definition) is 0. The van der Waals surface area contributed by atoms with Gasteiger partial charge < -0.3 is 14.4 Å². The molecule has 0 radical (unpaired) electrons.